The third-order valence-electron chi connectivity index (χ3n) is 2.64. The Morgan fingerprint density at radius 3 is 2.24 bits per heavy atom. The molecule has 0 saturated heterocycles. The molecule has 0 fully saturated rings. The number of halogens is 1. The van der Waals surface area contributed by atoms with E-state index in [0.29, 0.717) is 10.0 Å². The highest BCUT2D eigenvalue weighted by Crippen LogP contribution is 2.24. The SMILES string of the molecule is N#Cc1ccc(S(=O)(=O)Nc2cc(Br)ccc2C#N)cc1. The van der Waals surface area contributed by atoms with Crippen LogP contribution in [0.2, 0.25) is 0 Å². The van der Waals surface area contributed by atoms with Gasteiger partial charge in [0.1, 0.15) is 6.07 Å². The summed E-state index contributed by atoms with van der Waals surface area (Å²) in [5.74, 6) is 0. The van der Waals surface area contributed by atoms with Gasteiger partial charge in [0.15, 0.2) is 0 Å². The van der Waals surface area contributed by atoms with Crippen molar-refractivity contribution in [3.8, 4) is 12.1 Å². The topological polar surface area (TPSA) is 93.8 Å². The molecule has 2 rings (SSSR count). The third-order valence-corrected chi connectivity index (χ3v) is 4.51. The number of benzene rings is 2. The normalized spacial score (nSPS) is 10.4. The van der Waals surface area contributed by atoms with Gasteiger partial charge in [-0.2, -0.15) is 10.5 Å². The fourth-order valence-corrected chi connectivity index (χ4v) is 3.04. The number of hydrogen-bond acceptors (Lipinski definition) is 4. The molecule has 2 aromatic rings. The van der Waals surface area contributed by atoms with E-state index in [1.165, 1.54) is 36.4 Å². The summed E-state index contributed by atoms with van der Waals surface area (Å²) < 4.78 is 27.5. The molecule has 2 aromatic carbocycles. The van der Waals surface area contributed by atoms with Gasteiger partial charge in [-0.3, -0.25) is 4.72 Å². The summed E-state index contributed by atoms with van der Waals surface area (Å²) in [6.07, 6.45) is 0. The van der Waals surface area contributed by atoms with Gasteiger partial charge in [-0.15, -0.1) is 0 Å². The smallest absolute Gasteiger partial charge is 0.261 e. The Morgan fingerprint density at radius 2 is 1.67 bits per heavy atom. The largest absolute Gasteiger partial charge is 0.278 e. The van der Waals surface area contributed by atoms with Crippen LogP contribution in [-0.4, -0.2) is 8.42 Å². The molecule has 0 aliphatic rings. The van der Waals surface area contributed by atoms with Gasteiger partial charge in [0.2, 0.25) is 0 Å². The Balaban J connectivity index is 2.40. The number of nitrogens with one attached hydrogen (secondary N) is 1. The zero-order chi connectivity index (χ0) is 15.5. The van der Waals surface area contributed by atoms with Crippen molar-refractivity contribution < 1.29 is 8.42 Å². The second-order valence-electron chi connectivity index (χ2n) is 4.04. The molecule has 0 unspecified atom stereocenters. The fraction of sp³-hybridized carbons (Fsp3) is 0. The lowest BCUT2D eigenvalue weighted by Gasteiger charge is -2.10. The highest BCUT2D eigenvalue weighted by Gasteiger charge is 2.16. The number of sulfonamides is 1. The van der Waals surface area contributed by atoms with Crippen LogP contribution in [0.3, 0.4) is 0 Å². The number of anilines is 1. The number of hydrogen-bond donors (Lipinski definition) is 1. The molecule has 0 aromatic heterocycles. The Kier molecular flexibility index (Phi) is 4.27. The predicted octanol–water partition coefficient (Wildman–Crippen LogP) is 2.99. The van der Waals surface area contributed by atoms with E-state index in [1.54, 1.807) is 6.07 Å². The summed E-state index contributed by atoms with van der Waals surface area (Å²) in [6, 6.07) is 14.0. The molecule has 104 valence electrons. The zero-order valence-electron chi connectivity index (χ0n) is 10.5. The first-order valence-electron chi connectivity index (χ1n) is 5.69. The Hall–Kier alpha value is -2.35. The Morgan fingerprint density at radius 1 is 1.00 bits per heavy atom. The van der Waals surface area contributed by atoms with Crippen molar-refractivity contribution in [2.24, 2.45) is 0 Å². The molecule has 0 amide bonds. The van der Waals surface area contributed by atoms with E-state index in [0.717, 1.165) is 0 Å². The van der Waals surface area contributed by atoms with Crippen LogP contribution in [0.15, 0.2) is 51.8 Å². The second-order valence-corrected chi connectivity index (χ2v) is 6.64. The first kappa shape index (κ1) is 15.0. The molecule has 0 aliphatic carbocycles. The van der Waals surface area contributed by atoms with Gasteiger partial charge in [0.25, 0.3) is 10.0 Å². The highest BCUT2D eigenvalue weighted by atomic mass is 79.9. The van der Waals surface area contributed by atoms with Crippen LogP contribution in [0.5, 0.6) is 0 Å². The van der Waals surface area contributed by atoms with Crippen molar-refractivity contribution in [2.45, 2.75) is 4.90 Å². The van der Waals surface area contributed by atoms with Gasteiger partial charge < -0.3 is 0 Å². The molecule has 1 N–H and O–H groups in total. The Labute approximate surface area is 130 Å². The fourth-order valence-electron chi connectivity index (χ4n) is 1.61. The van der Waals surface area contributed by atoms with Gasteiger partial charge in [0.05, 0.1) is 27.8 Å². The van der Waals surface area contributed by atoms with Crippen LogP contribution in [-0.2, 0) is 10.0 Å². The van der Waals surface area contributed by atoms with E-state index in [9.17, 15) is 8.42 Å². The van der Waals surface area contributed by atoms with Crippen LogP contribution < -0.4 is 4.72 Å². The molecule has 5 nitrogen and oxygen atoms in total. The quantitative estimate of drug-likeness (QED) is 0.908. The van der Waals surface area contributed by atoms with Crippen molar-refractivity contribution in [3.05, 3.63) is 58.1 Å². The standard InChI is InChI=1S/C14H8BrN3O2S/c15-12-4-3-11(9-17)14(7-12)18-21(19,20)13-5-1-10(8-16)2-6-13/h1-7,18H. The lowest BCUT2D eigenvalue weighted by molar-refractivity contribution is 0.601. The molecule has 0 atom stereocenters. The summed E-state index contributed by atoms with van der Waals surface area (Å²) in [6.45, 7) is 0. The average Bonchev–Trinajstić information content (AvgIpc) is 2.47. The minimum Gasteiger partial charge on any atom is -0.278 e. The summed E-state index contributed by atoms with van der Waals surface area (Å²) in [5.41, 5.74) is 0.778. The molecule has 0 saturated carbocycles. The van der Waals surface area contributed by atoms with Gasteiger partial charge in [-0.25, -0.2) is 8.42 Å². The van der Waals surface area contributed by atoms with E-state index in [2.05, 4.69) is 20.7 Å². The van der Waals surface area contributed by atoms with Crippen LogP contribution in [0, 0.1) is 22.7 Å². The summed E-state index contributed by atoms with van der Waals surface area (Å²) in [4.78, 5) is 0.0189. The van der Waals surface area contributed by atoms with Gasteiger partial charge in [0, 0.05) is 4.47 Å². The summed E-state index contributed by atoms with van der Waals surface area (Å²) in [7, 11) is -3.82. The van der Waals surface area contributed by atoms with Crippen molar-refractivity contribution in [2.75, 3.05) is 4.72 Å². The van der Waals surface area contributed by atoms with Crippen LogP contribution in [0.4, 0.5) is 5.69 Å². The van der Waals surface area contributed by atoms with Crippen LogP contribution >= 0.6 is 15.9 Å². The van der Waals surface area contributed by atoms with Gasteiger partial charge >= 0.3 is 0 Å². The van der Waals surface area contributed by atoms with Gasteiger partial charge in [-0.1, -0.05) is 15.9 Å². The highest BCUT2D eigenvalue weighted by molar-refractivity contribution is 9.10. The average molecular weight is 362 g/mol. The monoisotopic (exact) mass is 361 g/mol. The second kappa shape index (κ2) is 5.96. The summed E-state index contributed by atoms with van der Waals surface area (Å²) in [5, 5.41) is 17.7. The minimum absolute atomic E-state index is 0.0189. The number of rotatable bonds is 3. The van der Waals surface area contributed by atoms with Crippen LogP contribution in [0.1, 0.15) is 11.1 Å². The van der Waals surface area contributed by atoms with Crippen molar-refractivity contribution in [3.63, 3.8) is 0 Å². The molecule has 0 bridgehead atoms. The van der Waals surface area contributed by atoms with E-state index < -0.39 is 10.0 Å². The number of nitriles is 2. The van der Waals surface area contributed by atoms with Crippen molar-refractivity contribution >= 4 is 31.6 Å². The lowest BCUT2D eigenvalue weighted by Crippen LogP contribution is -2.13. The molecule has 0 heterocycles. The summed E-state index contributed by atoms with van der Waals surface area (Å²) >= 11 is 3.23. The molecule has 0 aliphatic heterocycles. The minimum atomic E-state index is -3.82. The first-order valence-corrected chi connectivity index (χ1v) is 7.96. The molecule has 0 radical (unpaired) electrons. The first-order chi connectivity index (χ1) is 9.96. The molecule has 21 heavy (non-hydrogen) atoms. The maximum atomic E-state index is 12.3. The Bertz CT molecular complexity index is 863. The van der Waals surface area contributed by atoms with E-state index >= 15 is 0 Å². The van der Waals surface area contributed by atoms with Gasteiger partial charge in [-0.05, 0) is 42.5 Å². The molecular weight excluding hydrogens is 354 g/mol. The zero-order valence-corrected chi connectivity index (χ0v) is 12.9. The predicted molar refractivity (Wildman–Crippen MR) is 80.8 cm³/mol. The number of nitrogens with zero attached hydrogens (tertiary/aromatic N) is 2. The maximum absolute atomic E-state index is 12.3. The van der Waals surface area contributed by atoms with E-state index in [-0.39, 0.29) is 16.1 Å². The third kappa shape index (κ3) is 3.40. The van der Waals surface area contributed by atoms with Crippen LogP contribution in [0.25, 0.3) is 0 Å². The van der Waals surface area contributed by atoms with E-state index in [4.69, 9.17) is 10.5 Å². The van der Waals surface area contributed by atoms with Crippen molar-refractivity contribution in [1.82, 2.24) is 0 Å². The molecular formula is C14H8BrN3O2S. The lowest BCUT2D eigenvalue weighted by atomic mass is 10.2. The van der Waals surface area contributed by atoms with Crippen molar-refractivity contribution in [1.29, 1.82) is 10.5 Å². The molecule has 0 spiro atoms. The van der Waals surface area contributed by atoms with E-state index in [1.807, 2.05) is 12.1 Å². The maximum Gasteiger partial charge on any atom is 0.261 e. The molecule has 7 heteroatoms.